The topological polar surface area (TPSA) is 0 Å². The summed E-state index contributed by atoms with van der Waals surface area (Å²) in [5.41, 5.74) is 0.743. The fraction of sp³-hybridized carbons (Fsp3) is 0.143. The Kier molecular flexibility index (Phi) is 2.91. The molecule has 0 spiro atoms. The van der Waals surface area contributed by atoms with Gasteiger partial charge in [0.05, 0.1) is 0 Å². The zero-order chi connectivity index (χ0) is 7.72. The van der Waals surface area contributed by atoms with E-state index in [1.165, 1.54) is 0 Å². The molecule has 0 aliphatic rings. The van der Waals surface area contributed by atoms with E-state index in [1.54, 1.807) is 13.0 Å². The summed E-state index contributed by atoms with van der Waals surface area (Å²) in [5.74, 6) is -0.0903. The van der Waals surface area contributed by atoms with Crippen LogP contribution in [0.25, 0.3) is 0 Å². The SMILES string of the molecule is Cc1c(I)ccc(I)c1F. The number of halogens is 3. The minimum atomic E-state index is -0.0903. The summed E-state index contributed by atoms with van der Waals surface area (Å²) in [5, 5.41) is 0. The van der Waals surface area contributed by atoms with Crippen LogP contribution in [0, 0.1) is 19.9 Å². The normalized spacial score (nSPS) is 10.0. The molecule has 0 aliphatic carbocycles. The van der Waals surface area contributed by atoms with Crippen molar-refractivity contribution in [2.45, 2.75) is 6.92 Å². The fourth-order valence-electron chi connectivity index (χ4n) is 0.628. The molecule has 0 bridgehead atoms. The highest BCUT2D eigenvalue weighted by atomic mass is 127. The van der Waals surface area contributed by atoms with E-state index in [0.717, 1.165) is 9.13 Å². The van der Waals surface area contributed by atoms with Crippen molar-refractivity contribution >= 4 is 45.2 Å². The lowest BCUT2D eigenvalue weighted by Crippen LogP contribution is -1.89. The first-order valence-electron chi connectivity index (χ1n) is 2.73. The predicted molar refractivity (Wildman–Crippen MR) is 56.6 cm³/mol. The molecule has 0 amide bonds. The van der Waals surface area contributed by atoms with E-state index in [4.69, 9.17) is 0 Å². The quantitative estimate of drug-likeness (QED) is 0.491. The minimum absolute atomic E-state index is 0.0903. The number of benzene rings is 1. The lowest BCUT2D eigenvalue weighted by atomic mass is 10.2. The molecule has 0 nitrogen and oxygen atoms in total. The van der Waals surface area contributed by atoms with Gasteiger partial charge in [-0.25, -0.2) is 4.39 Å². The first-order chi connectivity index (χ1) is 4.63. The van der Waals surface area contributed by atoms with Crippen molar-refractivity contribution in [3.05, 3.63) is 30.7 Å². The van der Waals surface area contributed by atoms with Crippen molar-refractivity contribution in [3.63, 3.8) is 0 Å². The van der Waals surface area contributed by atoms with Gasteiger partial charge in [0, 0.05) is 7.14 Å². The van der Waals surface area contributed by atoms with Crippen LogP contribution in [0.3, 0.4) is 0 Å². The second-order valence-corrected chi connectivity index (χ2v) is 4.29. The van der Waals surface area contributed by atoms with Gasteiger partial charge in [0.1, 0.15) is 5.82 Å². The first kappa shape index (κ1) is 8.70. The Morgan fingerprint density at radius 1 is 1.20 bits per heavy atom. The molecule has 0 N–H and O–H groups in total. The van der Waals surface area contributed by atoms with Crippen LogP contribution >= 0.6 is 45.2 Å². The van der Waals surface area contributed by atoms with Gasteiger partial charge in [-0.05, 0) is 69.8 Å². The second kappa shape index (κ2) is 3.34. The maximum atomic E-state index is 13.0. The van der Waals surface area contributed by atoms with Crippen molar-refractivity contribution < 1.29 is 4.39 Å². The maximum absolute atomic E-state index is 13.0. The number of rotatable bonds is 0. The summed E-state index contributed by atoms with van der Waals surface area (Å²) in [6.07, 6.45) is 0. The fourth-order valence-corrected chi connectivity index (χ4v) is 1.63. The van der Waals surface area contributed by atoms with Crippen LogP contribution in [0.4, 0.5) is 4.39 Å². The van der Waals surface area contributed by atoms with E-state index < -0.39 is 0 Å². The summed E-state index contributed by atoms with van der Waals surface area (Å²) in [4.78, 5) is 0. The van der Waals surface area contributed by atoms with Crippen molar-refractivity contribution in [2.75, 3.05) is 0 Å². The van der Waals surface area contributed by atoms with Gasteiger partial charge in [0.2, 0.25) is 0 Å². The van der Waals surface area contributed by atoms with Gasteiger partial charge < -0.3 is 0 Å². The third-order valence-electron chi connectivity index (χ3n) is 1.27. The Bertz CT molecular complexity index is 231. The number of hydrogen-bond acceptors (Lipinski definition) is 0. The molecule has 54 valence electrons. The second-order valence-electron chi connectivity index (χ2n) is 1.97. The average molecular weight is 362 g/mol. The number of hydrogen-bond donors (Lipinski definition) is 0. The Hall–Kier alpha value is 0.610. The highest BCUT2D eigenvalue weighted by molar-refractivity contribution is 14.1. The van der Waals surface area contributed by atoms with E-state index in [2.05, 4.69) is 22.6 Å². The standard InChI is InChI=1S/C7H5FI2/c1-4-5(9)2-3-6(10)7(4)8/h2-3H,1H3. The van der Waals surface area contributed by atoms with Crippen molar-refractivity contribution in [2.24, 2.45) is 0 Å². The molecule has 1 aromatic carbocycles. The third-order valence-corrected chi connectivity index (χ3v) is 3.27. The van der Waals surface area contributed by atoms with E-state index in [1.807, 2.05) is 28.7 Å². The highest BCUT2D eigenvalue weighted by Gasteiger charge is 2.04. The molecule has 1 aromatic rings. The van der Waals surface area contributed by atoms with Crippen LogP contribution < -0.4 is 0 Å². The van der Waals surface area contributed by atoms with E-state index in [9.17, 15) is 4.39 Å². The van der Waals surface area contributed by atoms with E-state index in [-0.39, 0.29) is 5.82 Å². The smallest absolute Gasteiger partial charge is 0.140 e. The summed E-state index contributed by atoms with van der Waals surface area (Å²) < 4.78 is 14.7. The predicted octanol–water partition coefficient (Wildman–Crippen LogP) is 3.34. The molecular weight excluding hydrogens is 357 g/mol. The van der Waals surface area contributed by atoms with E-state index in [0.29, 0.717) is 3.57 Å². The summed E-state index contributed by atoms with van der Waals surface area (Å²) in [7, 11) is 0. The Labute approximate surface area is 86.5 Å². The molecule has 0 fully saturated rings. The first-order valence-corrected chi connectivity index (χ1v) is 4.89. The minimum Gasteiger partial charge on any atom is -0.206 e. The Balaban J connectivity index is 3.34. The van der Waals surface area contributed by atoms with Gasteiger partial charge >= 0.3 is 0 Å². The molecule has 3 heteroatoms. The van der Waals surface area contributed by atoms with Crippen LogP contribution in [0.5, 0.6) is 0 Å². The molecule has 0 aliphatic heterocycles. The third kappa shape index (κ3) is 1.61. The zero-order valence-corrected chi connectivity index (χ0v) is 9.60. The van der Waals surface area contributed by atoms with Gasteiger partial charge in [-0.2, -0.15) is 0 Å². The van der Waals surface area contributed by atoms with Gasteiger partial charge in [-0.15, -0.1) is 0 Å². The van der Waals surface area contributed by atoms with Crippen molar-refractivity contribution in [1.29, 1.82) is 0 Å². The van der Waals surface area contributed by atoms with Crippen LogP contribution in [-0.4, -0.2) is 0 Å². The molecule has 0 saturated heterocycles. The molecule has 0 atom stereocenters. The average Bonchev–Trinajstić information content (AvgIpc) is 1.93. The molecule has 10 heavy (non-hydrogen) atoms. The van der Waals surface area contributed by atoms with Crippen LogP contribution in [0.2, 0.25) is 0 Å². The van der Waals surface area contributed by atoms with E-state index >= 15 is 0 Å². The largest absolute Gasteiger partial charge is 0.206 e. The van der Waals surface area contributed by atoms with Gasteiger partial charge in [0.15, 0.2) is 0 Å². The summed E-state index contributed by atoms with van der Waals surface area (Å²) in [6.45, 7) is 1.79. The van der Waals surface area contributed by atoms with Crippen molar-refractivity contribution in [3.8, 4) is 0 Å². The van der Waals surface area contributed by atoms with Gasteiger partial charge in [0.25, 0.3) is 0 Å². The summed E-state index contributed by atoms with van der Waals surface area (Å²) >= 11 is 4.11. The van der Waals surface area contributed by atoms with Crippen molar-refractivity contribution in [1.82, 2.24) is 0 Å². The highest BCUT2D eigenvalue weighted by Crippen LogP contribution is 2.19. The monoisotopic (exact) mass is 362 g/mol. The molecule has 0 unspecified atom stereocenters. The van der Waals surface area contributed by atoms with Crippen LogP contribution in [-0.2, 0) is 0 Å². The molecule has 0 radical (unpaired) electrons. The maximum Gasteiger partial charge on any atom is 0.140 e. The zero-order valence-electron chi connectivity index (χ0n) is 5.29. The molecule has 0 saturated carbocycles. The molecule has 1 rings (SSSR count). The summed E-state index contributed by atoms with van der Waals surface area (Å²) in [6, 6.07) is 3.70. The lowest BCUT2D eigenvalue weighted by molar-refractivity contribution is 0.609. The Morgan fingerprint density at radius 2 is 1.70 bits per heavy atom. The van der Waals surface area contributed by atoms with Crippen LogP contribution in [0.15, 0.2) is 12.1 Å². The molecule has 0 heterocycles. The van der Waals surface area contributed by atoms with Gasteiger partial charge in [-0.1, -0.05) is 0 Å². The van der Waals surface area contributed by atoms with Gasteiger partial charge in [-0.3, -0.25) is 0 Å². The lowest BCUT2D eigenvalue weighted by Gasteiger charge is -2.00. The van der Waals surface area contributed by atoms with Crippen LogP contribution in [0.1, 0.15) is 5.56 Å². The Morgan fingerprint density at radius 3 is 2.20 bits per heavy atom. The molecule has 0 aromatic heterocycles. The molecular formula is C7H5FI2.